The molecule has 1 amide bonds. The number of aryl methyl sites for hydroxylation is 1. The second-order valence-corrected chi connectivity index (χ2v) is 5.63. The molecule has 0 saturated carbocycles. The smallest absolute Gasteiger partial charge is 0.226 e. The molecule has 0 atom stereocenters. The van der Waals surface area contributed by atoms with Gasteiger partial charge in [-0.1, -0.05) is 13.8 Å². The van der Waals surface area contributed by atoms with Gasteiger partial charge in [0.05, 0.1) is 0 Å². The number of amides is 1. The monoisotopic (exact) mass is 301 g/mol. The third-order valence-electron chi connectivity index (χ3n) is 4.17. The average molecular weight is 301 g/mol. The minimum atomic E-state index is 0.131. The number of aromatic nitrogens is 2. The van der Waals surface area contributed by atoms with Gasteiger partial charge in [0.15, 0.2) is 0 Å². The van der Waals surface area contributed by atoms with Crippen molar-refractivity contribution in [2.75, 3.05) is 31.1 Å². The number of carbonyl (C=O) groups excluding carboxylic acids is 1. The molecule has 1 fully saturated rings. The summed E-state index contributed by atoms with van der Waals surface area (Å²) in [5.41, 5.74) is 1.18. The minimum Gasteiger partial charge on any atom is -0.339 e. The molecule has 0 spiro atoms. The highest BCUT2D eigenvalue weighted by atomic mass is 16.2. The van der Waals surface area contributed by atoms with E-state index in [2.05, 4.69) is 29.9 Å². The second-order valence-electron chi connectivity index (χ2n) is 5.63. The van der Waals surface area contributed by atoms with Crippen LogP contribution in [0.3, 0.4) is 0 Å². The molecule has 1 aromatic heterocycles. The third kappa shape index (κ3) is 3.53. The molecular weight excluding hydrogens is 278 g/mol. The summed E-state index contributed by atoms with van der Waals surface area (Å²) in [6, 6.07) is 3.74. The highest BCUT2D eigenvalue weighted by Gasteiger charge is 2.26. The molecule has 1 aliphatic rings. The Labute approximate surface area is 131 Å². The van der Waals surface area contributed by atoms with E-state index in [0.717, 1.165) is 18.5 Å². The number of hydrogen-bond acceptors (Lipinski definition) is 5. The summed E-state index contributed by atoms with van der Waals surface area (Å²) in [4.78, 5) is 25.0. The zero-order chi connectivity index (χ0) is 16.1. The van der Waals surface area contributed by atoms with Crippen LogP contribution in [0.2, 0.25) is 0 Å². The molecule has 0 aromatic carbocycles. The van der Waals surface area contributed by atoms with Crippen molar-refractivity contribution in [2.45, 2.75) is 33.6 Å². The van der Waals surface area contributed by atoms with Gasteiger partial charge in [-0.2, -0.15) is 5.26 Å². The molecule has 118 valence electrons. The van der Waals surface area contributed by atoms with Crippen molar-refractivity contribution >= 4 is 11.9 Å². The Morgan fingerprint density at radius 1 is 1.27 bits per heavy atom. The molecule has 1 saturated heterocycles. The van der Waals surface area contributed by atoms with Crippen molar-refractivity contribution in [3.05, 3.63) is 17.5 Å². The summed E-state index contributed by atoms with van der Waals surface area (Å²) in [6.45, 7) is 8.78. The number of nitrogens with zero attached hydrogens (tertiary/aromatic N) is 5. The Morgan fingerprint density at radius 2 is 1.91 bits per heavy atom. The minimum absolute atomic E-state index is 0.131. The van der Waals surface area contributed by atoms with Crippen LogP contribution in [0.1, 0.15) is 38.1 Å². The van der Waals surface area contributed by atoms with E-state index >= 15 is 0 Å². The molecule has 2 rings (SSSR count). The molecule has 6 heteroatoms. The summed E-state index contributed by atoms with van der Waals surface area (Å²) in [7, 11) is 0. The Hall–Kier alpha value is -2.16. The largest absolute Gasteiger partial charge is 0.339 e. The van der Waals surface area contributed by atoms with Gasteiger partial charge < -0.3 is 9.80 Å². The van der Waals surface area contributed by atoms with Crippen LogP contribution in [0.25, 0.3) is 0 Å². The lowest BCUT2D eigenvalue weighted by Gasteiger charge is -2.36. The van der Waals surface area contributed by atoms with Crippen molar-refractivity contribution in [3.63, 3.8) is 0 Å². The summed E-state index contributed by atoms with van der Waals surface area (Å²) in [5.74, 6) is 0.977. The molecule has 1 aromatic rings. The molecule has 6 nitrogen and oxygen atoms in total. The molecule has 1 aliphatic heterocycles. The normalized spacial score (nSPS) is 15.0. The molecular formula is C16H23N5O. The Morgan fingerprint density at radius 3 is 2.45 bits per heavy atom. The zero-order valence-electron chi connectivity index (χ0n) is 13.5. The molecule has 0 bridgehead atoms. The molecule has 22 heavy (non-hydrogen) atoms. The number of rotatable bonds is 4. The van der Waals surface area contributed by atoms with E-state index in [-0.39, 0.29) is 11.8 Å². The summed E-state index contributed by atoms with van der Waals surface area (Å²) in [6.07, 6.45) is 1.78. The highest BCUT2D eigenvalue weighted by molar-refractivity contribution is 5.79. The van der Waals surface area contributed by atoms with Crippen molar-refractivity contribution in [2.24, 2.45) is 5.92 Å². The van der Waals surface area contributed by atoms with Crippen LogP contribution in [-0.4, -0.2) is 47.0 Å². The second kappa shape index (κ2) is 7.21. The number of nitriles is 1. The summed E-state index contributed by atoms with van der Waals surface area (Å²) >= 11 is 0. The first-order chi connectivity index (χ1) is 10.6. The first-order valence-electron chi connectivity index (χ1n) is 7.88. The quantitative estimate of drug-likeness (QED) is 0.847. The Balaban J connectivity index is 2.02. The third-order valence-corrected chi connectivity index (χ3v) is 4.17. The van der Waals surface area contributed by atoms with Crippen LogP contribution < -0.4 is 4.90 Å². The van der Waals surface area contributed by atoms with E-state index in [9.17, 15) is 4.79 Å². The van der Waals surface area contributed by atoms with Crippen LogP contribution >= 0.6 is 0 Å². The van der Waals surface area contributed by atoms with Crippen LogP contribution in [0.4, 0.5) is 5.95 Å². The van der Waals surface area contributed by atoms with Gasteiger partial charge in [-0.15, -0.1) is 0 Å². The number of carbonyl (C=O) groups is 1. The number of piperazine rings is 1. The fourth-order valence-corrected chi connectivity index (χ4v) is 2.77. The summed E-state index contributed by atoms with van der Waals surface area (Å²) < 4.78 is 0. The van der Waals surface area contributed by atoms with Crippen LogP contribution in [0, 0.1) is 24.2 Å². The van der Waals surface area contributed by atoms with Crippen LogP contribution in [0.15, 0.2) is 6.07 Å². The maximum absolute atomic E-state index is 12.4. The van der Waals surface area contributed by atoms with E-state index in [1.807, 2.05) is 16.7 Å². The maximum atomic E-state index is 12.4. The van der Waals surface area contributed by atoms with Gasteiger partial charge in [0.1, 0.15) is 11.8 Å². The summed E-state index contributed by atoms with van der Waals surface area (Å²) in [5, 5.41) is 9.00. The van der Waals surface area contributed by atoms with Crippen molar-refractivity contribution in [1.82, 2.24) is 14.9 Å². The Bertz CT molecular complexity index is 568. The van der Waals surface area contributed by atoms with E-state index in [1.165, 1.54) is 0 Å². The van der Waals surface area contributed by atoms with Crippen molar-refractivity contribution < 1.29 is 4.79 Å². The maximum Gasteiger partial charge on any atom is 0.226 e. The molecule has 0 radical (unpaired) electrons. The molecule has 0 unspecified atom stereocenters. The van der Waals surface area contributed by atoms with E-state index in [4.69, 9.17) is 5.26 Å². The van der Waals surface area contributed by atoms with Gasteiger partial charge in [0.25, 0.3) is 0 Å². The molecule has 0 aliphatic carbocycles. The van der Waals surface area contributed by atoms with Crippen LogP contribution in [-0.2, 0) is 4.79 Å². The van der Waals surface area contributed by atoms with Crippen molar-refractivity contribution in [3.8, 4) is 6.07 Å². The average Bonchev–Trinajstić information content (AvgIpc) is 2.55. The first kappa shape index (κ1) is 16.2. The molecule has 0 N–H and O–H groups in total. The number of hydrogen-bond donors (Lipinski definition) is 0. The topological polar surface area (TPSA) is 73.1 Å². The SMILES string of the molecule is CCC(CC)C(=O)N1CCN(c2nc(C)cc(C#N)n2)CC1. The van der Waals surface area contributed by atoms with Crippen molar-refractivity contribution in [1.29, 1.82) is 5.26 Å². The highest BCUT2D eigenvalue weighted by Crippen LogP contribution is 2.17. The molecule has 2 heterocycles. The number of anilines is 1. The lowest BCUT2D eigenvalue weighted by atomic mass is 10.0. The van der Waals surface area contributed by atoms with Gasteiger partial charge in [0.2, 0.25) is 11.9 Å². The predicted octanol–water partition coefficient (Wildman–Crippen LogP) is 1.74. The fourth-order valence-electron chi connectivity index (χ4n) is 2.77. The predicted molar refractivity (Wildman–Crippen MR) is 84.3 cm³/mol. The zero-order valence-corrected chi connectivity index (χ0v) is 13.5. The van der Waals surface area contributed by atoms with E-state index in [0.29, 0.717) is 37.8 Å². The van der Waals surface area contributed by atoms with Crippen LogP contribution in [0.5, 0.6) is 0 Å². The van der Waals surface area contributed by atoms with Gasteiger partial charge in [-0.05, 0) is 25.8 Å². The van der Waals surface area contributed by atoms with Gasteiger partial charge in [-0.25, -0.2) is 9.97 Å². The van der Waals surface area contributed by atoms with Gasteiger partial charge >= 0.3 is 0 Å². The van der Waals surface area contributed by atoms with E-state index < -0.39 is 0 Å². The van der Waals surface area contributed by atoms with Gasteiger partial charge in [-0.3, -0.25) is 4.79 Å². The van der Waals surface area contributed by atoms with E-state index in [1.54, 1.807) is 6.07 Å². The standard InChI is InChI=1S/C16H23N5O/c1-4-13(5-2)15(22)20-6-8-21(9-7-20)16-18-12(3)10-14(11-17)19-16/h10,13H,4-9H2,1-3H3. The first-order valence-corrected chi connectivity index (χ1v) is 7.88. The lowest BCUT2D eigenvalue weighted by molar-refractivity contribution is -0.136. The lowest BCUT2D eigenvalue weighted by Crippen LogP contribution is -2.50. The fraction of sp³-hybridized carbons (Fsp3) is 0.625. The Kier molecular flexibility index (Phi) is 5.31. The van der Waals surface area contributed by atoms with Gasteiger partial charge in [0, 0.05) is 37.8 Å².